The summed E-state index contributed by atoms with van der Waals surface area (Å²) in [5, 5.41) is 0. The molecule has 0 radical (unpaired) electrons. The molecule has 0 N–H and O–H groups in total. The van der Waals surface area contributed by atoms with E-state index in [-0.39, 0.29) is 5.78 Å². The van der Waals surface area contributed by atoms with Crippen molar-refractivity contribution in [3.8, 4) is 0 Å². The SMILES string of the molecule is CSc1ccc(C(=O)C=Cc2cccc(C)c2)cc1. The number of ketones is 1. The van der Waals surface area contributed by atoms with Gasteiger partial charge in [-0.2, -0.15) is 0 Å². The molecule has 0 saturated heterocycles. The molecule has 0 heterocycles. The standard InChI is InChI=1S/C17H16OS/c1-13-4-3-5-14(12-13)6-11-17(18)15-7-9-16(19-2)10-8-15/h3-12H,1-2H3. The predicted octanol–water partition coefficient (Wildman–Crippen LogP) is 4.61. The Hall–Kier alpha value is -1.80. The molecule has 96 valence electrons. The van der Waals surface area contributed by atoms with Crippen LogP contribution in [0.1, 0.15) is 21.5 Å². The lowest BCUT2D eigenvalue weighted by Gasteiger charge is -1.99. The van der Waals surface area contributed by atoms with E-state index in [1.807, 2.05) is 61.7 Å². The quantitative estimate of drug-likeness (QED) is 0.457. The van der Waals surface area contributed by atoms with Crippen LogP contribution in [0.25, 0.3) is 6.08 Å². The van der Waals surface area contributed by atoms with Crippen LogP contribution in [0.3, 0.4) is 0 Å². The fraction of sp³-hybridized carbons (Fsp3) is 0.118. The summed E-state index contributed by atoms with van der Waals surface area (Å²) in [7, 11) is 0. The van der Waals surface area contributed by atoms with Crippen molar-refractivity contribution in [2.75, 3.05) is 6.26 Å². The summed E-state index contributed by atoms with van der Waals surface area (Å²) < 4.78 is 0. The summed E-state index contributed by atoms with van der Waals surface area (Å²) in [5.74, 6) is 0.0363. The van der Waals surface area contributed by atoms with Crippen LogP contribution in [0.15, 0.2) is 59.5 Å². The van der Waals surface area contributed by atoms with Crippen molar-refractivity contribution < 1.29 is 4.79 Å². The Morgan fingerprint density at radius 1 is 1.11 bits per heavy atom. The van der Waals surface area contributed by atoms with E-state index in [1.165, 1.54) is 10.5 Å². The minimum atomic E-state index is 0.0363. The molecule has 0 aromatic heterocycles. The summed E-state index contributed by atoms with van der Waals surface area (Å²) in [6, 6.07) is 15.8. The van der Waals surface area contributed by atoms with Crippen LogP contribution in [0, 0.1) is 6.92 Å². The second-order valence-corrected chi connectivity index (χ2v) is 5.22. The predicted molar refractivity (Wildman–Crippen MR) is 82.8 cm³/mol. The van der Waals surface area contributed by atoms with Gasteiger partial charge in [0.25, 0.3) is 0 Å². The molecule has 1 nitrogen and oxygen atoms in total. The van der Waals surface area contributed by atoms with Gasteiger partial charge < -0.3 is 0 Å². The third-order valence-electron chi connectivity index (χ3n) is 2.84. The minimum Gasteiger partial charge on any atom is -0.289 e. The van der Waals surface area contributed by atoms with Gasteiger partial charge in [-0.25, -0.2) is 0 Å². The first kappa shape index (κ1) is 13.6. The fourth-order valence-corrected chi connectivity index (χ4v) is 2.21. The molecule has 2 aromatic carbocycles. The first-order valence-corrected chi connectivity index (χ1v) is 7.34. The van der Waals surface area contributed by atoms with Crippen molar-refractivity contribution in [3.63, 3.8) is 0 Å². The normalized spacial score (nSPS) is 10.8. The van der Waals surface area contributed by atoms with Crippen LogP contribution in [0.5, 0.6) is 0 Å². The Morgan fingerprint density at radius 3 is 2.47 bits per heavy atom. The third kappa shape index (κ3) is 3.83. The Morgan fingerprint density at radius 2 is 1.84 bits per heavy atom. The van der Waals surface area contributed by atoms with Gasteiger partial charge in [-0.15, -0.1) is 11.8 Å². The molecule has 0 fully saturated rings. The second kappa shape index (κ2) is 6.39. The molecule has 2 rings (SSSR count). The van der Waals surface area contributed by atoms with E-state index >= 15 is 0 Å². The molecule has 0 saturated carbocycles. The molecule has 0 atom stereocenters. The highest BCUT2D eigenvalue weighted by Crippen LogP contribution is 2.15. The number of carbonyl (C=O) groups is 1. The molecular formula is C17H16OS. The van der Waals surface area contributed by atoms with Gasteiger partial charge in [0, 0.05) is 10.5 Å². The molecule has 0 unspecified atom stereocenters. The molecule has 0 spiro atoms. The number of carbonyl (C=O) groups excluding carboxylic acids is 1. The Labute approximate surface area is 118 Å². The van der Waals surface area contributed by atoms with Crippen molar-refractivity contribution >= 4 is 23.6 Å². The average Bonchev–Trinajstić information content (AvgIpc) is 2.45. The summed E-state index contributed by atoms with van der Waals surface area (Å²) in [5.41, 5.74) is 2.97. The monoisotopic (exact) mass is 268 g/mol. The molecular weight excluding hydrogens is 252 g/mol. The van der Waals surface area contributed by atoms with E-state index < -0.39 is 0 Å². The zero-order chi connectivity index (χ0) is 13.7. The van der Waals surface area contributed by atoms with Crippen LogP contribution < -0.4 is 0 Å². The Bertz CT molecular complexity index is 597. The number of benzene rings is 2. The molecule has 0 aliphatic rings. The van der Waals surface area contributed by atoms with Gasteiger partial charge in [-0.05, 0) is 49.1 Å². The first-order valence-electron chi connectivity index (χ1n) is 6.12. The Balaban J connectivity index is 2.11. The first-order chi connectivity index (χ1) is 9.19. The summed E-state index contributed by atoms with van der Waals surface area (Å²) in [6.07, 6.45) is 5.51. The molecule has 0 aliphatic carbocycles. The largest absolute Gasteiger partial charge is 0.289 e. The van der Waals surface area contributed by atoms with Gasteiger partial charge in [0.1, 0.15) is 0 Å². The highest BCUT2D eigenvalue weighted by Gasteiger charge is 2.01. The molecule has 0 bridgehead atoms. The van der Waals surface area contributed by atoms with Gasteiger partial charge in [0.05, 0.1) is 0 Å². The van der Waals surface area contributed by atoms with Gasteiger partial charge in [0.2, 0.25) is 0 Å². The summed E-state index contributed by atoms with van der Waals surface area (Å²) in [6.45, 7) is 2.04. The summed E-state index contributed by atoms with van der Waals surface area (Å²) in [4.78, 5) is 13.2. The maximum absolute atomic E-state index is 12.0. The van der Waals surface area contributed by atoms with E-state index in [2.05, 4.69) is 6.07 Å². The zero-order valence-corrected chi connectivity index (χ0v) is 11.9. The van der Waals surface area contributed by atoms with Crippen LogP contribution in [0.2, 0.25) is 0 Å². The van der Waals surface area contributed by atoms with Crippen LogP contribution >= 0.6 is 11.8 Å². The highest BCUT2D eigenvalue weighted by molar-refractivity contribution is 7.98. The van der Waals surface area contributed by atoms with Crippen LogP contribution in [0.4, 0.5) is 0 Å². The van der Waals surface area contributed by atoms with Crippen molar-refractivity contribution in [2.45, 2.75) is 11.8 Å². The number of hydrogen-bond acceptors (Lipinski definition) is 2. The molecule has 19 heavy (non-hydrogen) atoms. The zero-order valence-electron chi connectivity index (χ0n) is 11.1. The van der Waals surface area contributed by atoms with Gasteiger partial charge in [-0.3, -0.25) is 4.79 Å². The highest BCUT2D eigenvalue weighted by atomic mass is 32.2. The molecule has 2 heteroatoms. The van der Waals surface area contributed by atoms with Crippen molar-refractivity contribution in [3.05, 3.63) is 71.3 Å². The number of thioether (sulfide) groups is 1. The third-order valence-corrected chi connectivity index (χ3v) is 3.59. The maximum Gasteiger partial charge on any atom is 0.185 e. The number of allylic oxidation sites excluding steroid dienone is 1. The van der Waals surface area contributed by atoms with Gasteiger partial charge in [-0.1, -0.05) is 35.9 Å². The molecule has 0 aliphatic heterocycles. The average molecular weight is 268 g/mol. The second-order valence-electron chi connectivity index (χ2n) is 4.34. The topological polar surface area (TPSA) is 17.1 Å². The lowest BCUT2D eigenvalue weighted by Crippen LogP contribution is -1.93. The molecule has 2 aromatic rings. The lowest BCUT2D eigenvalue weighted by molar-refractivity contribution is 0.104. The van der Waals surface area contributed by atoms with E-state index in [0.29, 0.717) is 0 Å². The number of rotatable bonds is 4. The van der Waals surface area contributed by atoms with Crippen LogP contribution in [-0.2, 0) is 0 Å². The van der Waals surface area contributed by atoms with Crippen molar-refractivity contribution in [1.29, 1.82) is 0 Å². The van der Waals surface area contributed by atoms with Crippen molar-refractivity contribution in [2.24, 2.45) is 0 Å². The van der Waals surface area contributed by atoms with Gasteiger partial charge in [0.15, 0.2) is 5.78 Å². The van der Waals surface area contributed by atoms with Crippen LogP contribution in [-0.4, -0.2) is 12.0 Å². The summed E-state index contributed by atoms with van der Waals surface area (Å²) >= 11 is 1.67. The minimum absolute atomic E-state index is 0.0363. The van der Waals surface area contributed by atoms with E-state index in [0.717, 1.165) is 11.1 Å². The lowest BCUT2D eigenvalue weighted by atomic mass is 10.1. The van der Waals surface area contributed by atoms with Gasteiger partial charge >= 0.3 is 0 Å². The smallest absolute Gasteiger partial charge is 0.185 e. The maximum atomic E-state index is 12.0. The Kier molecular flexibility index (Phi) is 4.58. The fourth-order valence-electron chi connectivity index (χ4n) is 1.80. The van der Waals surface area contributed by atoms with E-state index in [4.69, 9.17) is 0 Å². The van der Waals surface area contributed by atoms with E-state index in [1.54, 1.807) is 17.8 Å². The molecule has 0 amide bonds. The number of aryl methyl sites for hydroxylation is 1. The van der Waals surface area contributed by atoms with E-state index in [9.17, 15) is 4.79 Å². The number of hydrogen-bond donors (Lipinski definition) is 0. The van der Waals surface area contributed by atoms with Crippen molar-refractivity contribution in [1.82, 2.24) is 0 Å².